The number of urea groups is 1. The van der Waals surface area contributed by atoms with Crippen LogP contribution in [0.1, 0.15) is 35.1 Å². The van der Waals surface area contributed by atoms with Crippen LogP contribution >= 0.6 is 11.3 Å². The average Bonchev–Trinajstić information content (AvgIpc) is 3.32. The van der Waals surface area contributed by atoms with Crippen molar-refractivity contribution >= 4 is 17.4 Å². The van der Waals surface area contributed by atoms with Gasteiger partial charge < -0.3 is 15.2 Å². The SMILES string of the molecule is Cc1ccc(CNC(=O)NC[C@H](c2cccs2)N2CCCC2)n1C. The minimum absolute atomic E-state index is 0.102. The van der Waals surface area contributed by atoms with E-state index in [1.54, 1.807) is 11.3 Å². The number of hydrogen-bond acceptors (Lipinski definition) is 3. The van der Waals surface area contributed by atoms with Crippen LogP contribution in [-0.2, 0) is 13.6 Å². The van der Waals surface area contributed by atoms with E-state index in [2.05, 4.69) is 50.6 Å². The Bertz CT molecular complexity index is 659. The van der Waals surface area contributed by atoms with Gasteiger partial charge in [0, 0.05) is 29.9 Å². The summed E-state index contributed by atoms with van der Waals surface area (Å²) in [5.41, 5.74) is 2.30. The van der Waals surface area contributed by atoms with E-state index < -0.39 is 0 Å². The molecule has 1 atom stereocenters. The summed E-state index contributed by atoms with van der Waals surface area (Å²) in [6, 6.07) is 8.55. The van der Waals surface area contributed by atoms with Crippen molar-refractivity contribution in [2.24, 2.45) is 7.05 Å². The maximum atomic E-state index is 12.2. The lowest BCUT2D eigenvalue weighted by Gasteiger charge is -2.27. The summed E-state index contributed by atoms with van der Waals surface area (Å²) >= 11 is 1.77. The van der Waals surface area contributed by atoms with Gasteiger partial charge in [-0.2, -0.15) is 0 Å². The van der Waals surface area contributed by atoms with Crippen molar-refractivity contribution in [2.45, 2.75) is 32.4 Å². The minimum atomic E-state index is -0.102. The first-order valence-electron chi connectivity index (χ1n) is 8.55. The van der Waals surface area contributed by atoms with Crippen LogP contribution in [0.4, 0.5) is 4.79 Å². The standard InChI is InChI=1S/C18H26N4OS/c1-14-7-8-15(21(14)2)12-19-18(23)20-13-16(17-6-5-11-24-17)22-9-3-4-10-22/h5-8,11,16H,3-4,9-10,12-13H2,1-2H3,(H2,19,20,23)/t16-/m1/s1. The Labute approximate surface area is 147 Å². The Hall–Kier alpha value is -1.79. The Morgan fingerprint density at radius 1 is 1.25 bits per heavy atom. The molecule has 0 unspecified atom stereocenters. The van der Waals surface area contributed by atoms with Gasteiger partial charge in [-0.3, -0.25) is 4.90 Å². The van der Waals surface area contributed by atoms with Crippen molar-refractivity contribution in [3.8, 4) is 0 Å². The lowest BCUT2D eigenvalue weighted by molar-refractivity contribution is 0.222. The molecule has 3 rings (SSSR count). The first kappa shape index (κ1) is 17.0. The number of amides is 2. The van der Waals surface area contributed by atoms with Gasteiger partial charge in [-0.1, -0.05) is 6.07 Å². The number of carbonyl (C=O) groups excluding carboxylic acids is 1. The third-order valence-corrected chi connectivity index (χ3v) is 5.79. The molecule has 0 spiro atoms. The third-order valence-electron chi connectivity index (χ3n) is 4.82. The molecular formula is C18H26N4OS. The van der Waals surface area contributed by atoms with Gasteiger partial charge in [0.05, 0.1) is 12.6 Å². The second-order valence-corrected chi connectivity index (χ2v) is 7.34. The number of nitrogens with zero attached hydrogens (tertiary/aromatic N) is 2. The van der Waals surface area contributed by atoms with E-state index in [9.17, 15) is 4.79 Å². The Kier molecular flexibility index (Phi) is 5.58. The first-order chi connectivity index (χ1) is 11.6. The summed E-state index contributed by atoms with van der Waals surface area (Å²) in [7, 11) is 2.02. The number of rotatable bonds is 6. The molecular weight excluding hydrogens is 320 g/mol. The monoisotopic (exact) mass is 346 g/mol. The zero-order valence-electron chi connectivity index (χ0n) is 14.4. The zero-order valence-corrected chi connectivity index (χ0v) is 15.2. The van der Waals surface area contributed by atoms with Crippen LogP contribution in [0.15, 0.2) is 29.6 Å². The smallest absolute Gasteiger partial charge is 0.315 e. The maximum Gasteiger partial charge on any atom is 0.315 e. The highest BCUT2D eigenvalue weighted by atomic mass is 32.1. The summed E-state index contributed by atoms with van der Waals surface area (Å²) in [6.07, 6.45) is 2.50. The predicted molar refractivity (Wildman–Crippen MR) is 98.3 cm³/mol. The van der Waals surface area contributed by atoms with Crippen molar-refractivity contribution in [1.29, 1.82) is 0 Å². The lowest BCUT2D eigenvalue weighted by Crippen LogP contribution is -2.41. The highest BCUT2D eigenvalue weighted by Crippen LogP contribution is 2.27. The zero-order chi connectivity index (χ0) is 16.9. The van der Waals surface area contributed by atoms with Gasteiger partial charge in [-0.05, 0) is 56.4 Å². The highest BCUT2D eigenvalue weighted by molar-refractivity contribution is 7.10. The van der Waals surface area contributed by atoms with Crippen molar-refractivity contribution in [3.05, 3.63) is 45.9 Å². The summed E-state index contributed by atoms with van der Waals surface area (Å²) < 4.78 is 2.10. The largest absolute Gasteiger partial charge is 0.350 e. The van der Waals surface area contributed by atoms with Crippen molar-refractivity contribution in [2.75, 3.05) is 19.6 Å². The third kappa shape index (κ3) is 3.99. The number of nitrogens with one attached hydrogen (secondary N) is 2. The van der Waals surface area contributed by atoms with Crippen LogP contribution in [0.5, 0.6) is 0 Å². The molecule has 1 aliphatic heterocycles. The summed E-state index contributed by atoms with van der Waals surface area (Å²) in [5.74, 6) is 0. The van der Waals surface area contributed by atoms with Gasteiger partial charge in [0.25, 0.3) is 0 Å². The maximum absolute atomic E-state index is 12.2. The molecule has 24 heavy (non-hydrogen) atoms. The molecule has 2 aromatic heterocycles. The topological polar surface area (TPSA) is 49.3 Å². The van der Waals surface area contributed by atoms with E-state index in [-0.39, 0.29) is 12.1 Å². The van der Waals surface area contributed by atoms with Gasteiger partial charge in [0.1, 0.15) is 0 Å². The fourth-order valence-electron chi connectivity index (χ4n) is 3.21. The van der Waals surface area contributed by atoms with E-state index in [0.29, 0.717) is 13.1 Å². The molecule has 1 saturated heterocycles. The fourth-order valence-corrected chi connectivity index (χ4v) is 4.07. The van der Waals surface area contributed by atoms with Crippen LogP contribution in [0, 0.1) is 6.92 Å². The van der Waals surface area contributed by atoms with Crippen LogP contribution in [-0.4, -0.2) is 35.1 Å². The molecule has 1 aliphatic rings. The van der Waals surface area contributed by atoms with Crippen LogP contribution in [0.2, 0.25) is 0 Å². The lowest BCUT2D eigenvalue weighted by atomic mass is 10.2. The minimum Gasteiger partial charge on any atom is -0.350 e. The molecule has 6 heteroatoms. The molecule has 0 bridgehead atoms. The van der Waals surface area contributed by atoms with E-state index in [1.807, 2.05) is 13.1 Å². The molecule has 1 fully saturated rings. The van der Waals surface area contributed by atoms with Crippen molar-refractivity contribution < 1.29 is 4.79 Å². The molecule has 2 amide bonds. The molecule has 0 aliphatic carbocycles. The van der Waals surface area contributed by atoms with Gasteiger partial charge in [-0.15, -0.1) is 11.3 Å². The summed E-state index contributed by atoms with van der Waals surface area (Å²) in [5, 5.41) is 8.12. The molecule has 3 heterocycles. The highest BCUT2D eigenvalue weighted by Gasteiger charge is 2.24. The van der Waals surface area contributed by atoms with Gasteiger partial charge in [0.2, 0.25) is 0 Å². The number of thiophene rings is 1. The number of likely N-dealkylation sites (tertiary alicyclic amines) is 1. The van der Waals surface area contributed by atoms with E-state index in [1.165, 1.54) is 23.4 Å². The Balaban J connectivity index is 1.52. The first-order valence-corrected chi connectivity index (χ1v) is 9.43. The Morgan fingerprint density at radius 2 is 2.04 bits per heavy atom. The normalized spacial score (nSPS) is 16.2. The van der Waals surface area contributed by atoms with E-state index in [4.69, 9.17) is 0 Å². The van der Waals surface area contributed by atoms with Gasteiger partial charge in [-0.25, -0.2) is 4.79 Å². The van der Waals surface area contributed by atoms with E-state index in [0.717, 1.165) is 18.8 Å². The van der Waals surface area contributed by atoms with E-state index >= 15 is 0 Å². The molecule has 2 aromatic rings. The second-order valence-electron chi connectivity index (χ2n) is 6.36. The quantitative estimate of drug-likeness (QED) is 0.845. The molecule has 5 nitrogen and oxygen atoms in total. The van der Waals surface area contributed by atoms with Crippen molar-refractivity contribution in [1.82, 2.24) is 20.1 Å². The summed E-state index contributed by atoms with van der Waals surface area (Å²) in [6.45, 7) is 5.50. The van der Waals surface area contributed by atoms with Gasteiger partial charge in [0.15, 0.2) is 0 Å². The molecule has 0 aromatic carbocycles. The summed E-state index contributed by atoms with van der Waals surface area (Å²) in [4.78, 5) is 16.0. The Morgan fingerprint density at radius 3 is 2.67 bits per heavy atom. The second kappa shape index (κ2) is 7.85. The number of aromatic nitrogens is 1. The molecule has 0 saturated carbocycles. The average molecular weight is 347 g/mol. The molecule has 130 valence electrons. The van der Waals surface area contributed by atoms with Crippen LogP contribution in [0.3, 0.4) is 0 Å². The predicted octanol–water partition coefficient (Wildman–Crippen LogP) is 3.03. The number of hydrogen-bond donors (Lipinski definition) is 2. The number of carbonyl (C=O) groups is 1. The van der Waals surface area contributed by atoms with Gasteiger partial charge >= 0.3 is 6.03 Å². The van der Waals surface area contributed by atoms with Crippen LogP contribution < -0.4 is 10.6 Å². The van der Waals surface area contributed by atoms with Crippen LogP contribution in [0.25, 0.3) is 0 Å². The fraction of sp³-hybridized carbons (Fsp3) is 0.500. The number of aryl methyl sites for hydroxylation is 1. The van der Waals surface area contributed by atoms with Crippen molar-refractivity contribution in [3.63, 3.8) is 0 Å². The molecule has 2 N–H and O–H groups in total. The molecule has 0 radical (unpaired) electrons.